The molecule has 1 saturated heterocycles. The van der Waals surface area contributed by atoms with E-state index in [4.69, 9.17) is 25.8 Å². The SMILES string of the molecule is ClCCOC[C@H]1CO[C@@H]([C@@H]2CC[C@@H](Br)[C@H](Br)C2)O1. The summed E-state index contributed by atoms with van der Waals surface area (Å²) in [6.07, 6.45) is 3.41. The van der Waals surface area contributed by atoms with Gasteiger partial charge in [-0.05, 0) is 19.3 Å². The second-order valence-corrected chi connectivity index (χ2v) is 7.56. The summed E-state index contributed by atoms with van der Waals surface area (Å²) in [4.78, 5) is 1.08. The Bertz CT molecular complexity index is 257. The van der Waals surface area contributed by atoms with Crippen LogP contribution in [-0.4, -0.2) is 47.7 Å². The summed E-state index contributed by atoms with van der Waals surface area (Å²) >= 11 is 13.0. The molecule has 0 spiro atoms. The predicted octanol–water partition coefficient (Wildman–Crippen LogP) is 3.31. The molecule has 0 unspecified atom stereocenters. The number of alkyl halides is 3. The highest BCUT2D eigenvalue weighted by atomic mass is 79.9. The van der Waals surface area contributed by atoms with Crippen molar-refractivity contribution in [3.63, 3.8) is 0 Å². The van der Waals surface area contributed by atoms with Crippen LogP contribution in [0.4, 0.5) is 0 Å². The summed E-state index contributed by atoms with van der Waals surface area (Å²) in [6.45, 7) is 1.78. The van der Waals surface area contributed by atoms with Crippen LogP contribution in [-0.2, 0) is 14.2 Å². The van der Waals surface area contributed by atoms with E-state index in [1.54, 1.807) is 0 Å². The zero-order valence-electron chi connectivity index (χ0n) is 10.2. The van der Waals surface area contributed by atoms with Gasteiger partial charge in [0.2, 0.25) is 0 Å². The lowest BCUT2D eigenvalue weighted by molar-refractivity contribution is -0.111. The fourth-order valence-electron chi connectivity index (χ4n) is 2.43. The fraction of sp³-hybridized carbons (Fsp3) is 1.00. The molecule has 0 aromatic heterocycles. The van der Waals surface area contributed by atoms with E-state index < -0.39 is 0 Å². The van der Waals surface area contributed by atoms with Gasteiger partial charge in [0.25, 0.3) is 0 Å². The third-order valence-corrected chi connectivity index (χ3v) is 6.39. The second kappa shape index (κ2) is 7.79. The molecule has 3 nitrogen and oxygen atoms in total. The van der Waals surface area contributed by atoms with Gasteiger partial charge in [0, 0.05) is 21.5 Å². The molecule has 2 rings (SSSR count). The Morgan fingerprint density at radius 2 is 2.06 bits per heavy atom. The summed E-state index contributed by atoms with van der Waals surface area (Å²) in [5.74, 6) is 1.01. The van der Waals surface area contributed by atoms with Crippen LogP contribution in [0.3, 0.4) is 0 Å². The van der Waals surface area contributed by atoms with E-state index in [1.807, 2.05) is 0 Å². The molecule has 0 N–H and O–H groups in total. The molecule has 1 saturated carbocycles. The number of hydrogen-bond acceptors (Lipinski definition) is 3. The predicted molar refractivity (Wildman–Crippen MR) is 78.9 cm³/mol. The smallest absolute Gasteiger partial charge is 0.161 e. The van der Waals surface area contributed by atoms with Gasteiger partial charge in [-0.15, -0.1) is 11.6 Å². The van der Waals surface area contributed by atoms with Crippen LogP contribution in [0.5, 0.6) is 0 Å². The summed E-state index contributed by atoms with van der Waals surface area (Å²) in [5, 5.41) is 0. The quantitative estimate of drug-likeness (QED) is 0.518. The van der Waals surface area contributed by atoms with Crippen LogP contribution >= 0.6 is 43.5 Å². The van der Waals surface area contributed by atoms with E-state index in [-0.39, 0.29) is 12.4 Å². The van der Waals surface area contributed by atoms with E-state index in [1.165, 1.54) is 0 Å². The molecular formula is C12H19Br2ClO3. The van der Waals surface area contributed by atoms with Gasteiger partial charge in [0.15, 0.2) is 6.29 Å². The number of hydrogen-bond donors (Lipinski definition) is 0. The monoisotopic (exact) mass is 404 g/mol. The topological polar surface area (TPSA) is 27.7 Å². The third-order valence-electron chi connectivity index (χ3n) is 3.42. The summed E-state index contributed by atoms with van der Waals surface area (Å²) in [7, 11) is 0. The molecule has 5 atom stereocenters. The van der Waals surface area contributed by atoms with Crippen LogP contribution in [0.25, 0.3) is 0 Å². The van der Waals surface area contributed by atoms with Crippen molar-refractivity contribution in [1.82, 2.24) is 0 Å². The third kappa shape index (κ3) is 4.32. The zero-order chi connectivity index (χ0) is 13.0. The Hall–Kier alpha value is 1.13. The number of rotatable bonds is 5. The normalized spacial score (nSPS) is 41.2. The van der Waals surface area contributed by atoms with Crippen LogP contribution in [0.15, 0.2) is 0 Å². The van der Waals surface area contributed by atoms with Gasteiger partial charge in [-0.3, -0.25) is 0 Å². The average molecular weight is 407 g/mol. The van der Waals surface area contributed by atoms with E-state index >= 15 is 0 Å². The van der Waals surface area contributed by atoms with Crippen molar-refractivity contribution in [2.45, 2.75) is 41.3 Å². The van der Waals surface area contributed by atoms with Crippen molar-refractivity contribution < 1.29 is 14.2 Å². The van der Waals surface area contributed by atoms with Gasteiger partial charge in [-0.2, -0.15) is 0 Å². The van der Waals surface area contributed by atoms with Crippen LogP contribution < -0.4 is 0 Å². The van der Waals surface area contributed by atoms with Gasteiger partial charge in [-0.25, -0.2) is 0 Å². The Morgan fingerprint density at radius 3 is 2.78 bits per heavy atom. The lowest BCUT2D eigenvalue weighted by atomic mass is 9.88. The summed E-state index contributed by atoms with van der Waals surface area (Å²) in [6, 6.07) is 0. The molecule has 1 aliphatic carbocycles. The van der Waals surface area contributed by atoms with Gasteiger partial charge in [0.1, 0.15) is 6.10 Å². The van der Waals surface area contributed by atoms with Crippen molar-refractivity contribution >= 4 is 43.5 Å². The first-order valence-electron chi connectivity index (χ1n) is 6.39. The lowest BCUT2D eigenvalue weighted by Crippen LogP contribution is -2.33. The van der Waals surface area contributed by atoms with Gasteiger partial charge in [-0.1, -0.05) is 31.9 Å². The Balaban J connectivity index is 1.71. The molecule has 0 aromatic carbocycles. The molecule has 106 valence electrons. The Kier molecular flexibility index (Phi) is 6.72. The first-order chi connectivity index (χ1) is 8.70. The minimum atomic E-state index is -0.0605. The van der Waals surface area contributed by atoms with Gasteiger partial charge in [0.05, 0.1) is 19.8 Å². The molecule has 2 aliphatic rings. The van der Waals surface area contributed by atoms with Crippen LogP contribution in [0.1, 0.15) is 19.3 Å². The minimum Gasteiger partial charge on any atom is -0.377 e. The van der Waals surface area contributed by atoms with Crippen molar-refractivity contribution in [2.75, 3.05) is 25.7 Å². The molecule has 1 heterocycles. The standard InChI is InChI=1S/C12H19Br2ClO3/c13-10-2-1-8(5-11(10)14)12-17-7-9(18-12)6-16-4-3-15/h8-12H,1-7H2/t8-,9+,10-,11-,12-/m1/s1. The van der Waals surface area contributed by atoms with E-state index in [0.29, 0.717) is 41.3 Å². The lowest BCUT2D eigenvalue weighted by Gasteiger charge is -2.32. The summed E-state index contributed by atoms with van der Waals surface area (Å²) < 4.78 is 17.0. The highest BCUT2D eigenvalue weighted by Crippen LogP contribution is 2.37. The van der Waals surface area contributed by atoms with Crippen molar-refractivity contribution in [3.8, 4) is 0 Å². The molecular weight excluding hydrogens is 387 g/mol. The zero-order valence-corrected chi connectivity index (χ0v) is 14.1. The largest absolute Gasteiger partial charge is 0.377 e. The highest BCUT2D eigenvalue weighted by Gasteiger charge is 2.37. The van der Waals surface area contributed by atoms with Gasteiger partial charge >= 0.3 is 0 Å². The van der Waals surface area contributed by atoms with E-state index in [9.17, 15) is 0 Å². The Labute approximate surface area is 130 Å². The van der Waals surface area contributed by atoms with Crippen molar-refractivity contribution in [3.05, 3.63) is 0 Å². The maximum Gasteiger partial charge on any atom is 0.161 e. The first kappa shape index (κ1) is 15.5. The van der Waals surface area contributed by atoms with Crippen LogP contribution in [0.2, 0.25) is 0 Å². The first-order valence-corrected chi connectivity index (χ1v) is 8.76. The van der Waals surface area contributed by atoms with Crippen molar-refractivity contribution in [2.24, 2.45) is 5.92 Å². The molecule has 0 bridgehead atoms. The molecule has 6 heteroatoms. The molecule has 2 fully saturated rings. The van der Waals surface area contributed by atoms with Crippen molar-refractivity contribution in [1.29, 1.82) is 0 Å². The number of ether oxygens (including phenoxy) is 3. The fourth-order valence-corrected chi connectivity index (χ4v) is 3.76. The molecule has 1 aliphatic heterocycles. The van der Waals surface area contributed by atoms with Crippen LogP contribution in [0, 0.1) is 5.92 Å². The van der Waals surface area contributed by atoms with Gasteiger partial charge < -0.3 is 14.2 Å². The molecule has 0 radical (unpaired) electrons. The maximum atomic E-state index is 5.90. The molecule has 0 aromatic rings. The molecule has 18 heavy (non-hydrogen) atoms. The number of halogens is 3. The summed E-state index contributed by atoms with van der Waals surface area (Å²) in [5.41, 5.74) is 0. The highest BCUT2D eigenvalue weighted by molar-refractivity contribution is 9.12. The second-order valence-electron chi connectivity index (χ2n) is 4.83. The van der Waals surface area contributed by atoms with E-state index in [0.717, 1.165) is 19.3 Å². The van der Waals surface area contributed by atoms with E-state index in [2.05, 4.69) is 31.9 Å². The minimum absolute atomic E-state index is 0.0605. The molecule has 0 amide bonds. The maximum absolute atomic E-state index is 5.90. The Morgan fingerprint density at radius 1 is 1.22 bits per heavy atom. The average Bonchev–Trinajstić information content (AvgIpc) is 2.82.